The molecule has 2 rings (SSSR count). The zero-order chi connectivity index (χ0) is 14.7. The van der Waals surface area contributed by atoms with Crippen LogP contribution in [0.4, 0.5) is 0 Å². The Kier molecular flexibility index (Phi) is 4.81. The van der Waals surface area contributed by atoms with Crippen molar-refractivity contribution < 1.29 is 10.0 Å². The molecule has 1 saturated heterocycles. The summed E-state index contributed by atoms with van der Waals surface area (Å²) in [6.45, 7) is 5.27. The second-order valence-corrected chi connectivity index (χ2v) is 6.04. The van der Waals surface area contributed by atoms with Crippen LogP contribution in [0.1, 0.15) is 35.7 Å². The van der Waals surface area contributed by atoms with Gasteiger partial charge < -0.3 is 10.1 Å². The molecule has 1 amide bonds. The first-order valence-electron chi connectivity index (χ1n) is 6.83. The maximum atomic E-state index is 12.6. The van der Waals surface area contributed by atoms with E-state index in [0.717, 1.165) is 22.2 Å². The Bertz CT molecular complexity index is 543. The topological polar surface area (TPSA) is 52.9 Å². The zero-order valence-electron chi connectivity index (χ0n) is 11.8. The Labute approximate surface area is 127 Å². The average molecular weight is 339 g/mol. The van der Waals surface area contributed by atoms with Crippen LogP contribution in [0.5, 0.6) is 0 Å². The number of halogens is 1. The molecule has 1 aliphatic heterocycles. The van der Waals surface area contributed by atoms with Crippen LogP contribution in [-0.2, 0) is 0 Å². The third-order valence-electron chi connectivity index (χ3n) is 3.81. The van der Waals surface area contributed by atoms with E-state index in [2.05, 4.69) is 21.1 Å². The van der Waals surface area contributed by atoms with Gasteiger partial charge in [-0.05, 0) is 47.0 Å². The number of benzene rings is 1. The molecule has 108 valence electrons. The molecule has 1 unspecified atom stereocenters. The molecule has 1 fully saturated rings. The second kappa shape index (κ2) is 6.39. The van der Waals surface area contributed by atoms with Crippen LogP contribution in [0.15, 0.2) is 27.8 Å². The number of hydrogen-bond donors (Lipinski definition) is 1. The molecule has 0 saturated carbocycles. The number of hydrogen-bond acceptors (Lipinski definition) is 3. The van der Waals surface area contributed by atoms with Crippen molar-refractivity contribution in [3.8, 4) is 0 Å². The molecule has 1 N–H and O–H groups in total. The minimum absolute atomic E-state index is 0.0346. The average Bonchev–Trinajstić information content (AvgIpc) is 2.45. The number of nitrogens with zero attached hydrogens (tertiary/aromatic N) is 2. The number of oxime groups is 1. The number of amides is 1. The summed E-state index contributed by atoms with van der Waals surface area (Å²) in [6.07, 6.45) is 1.52. The lowest BCUT2D eigenvalue weighted by Crippen LogP contribution is -2.44. The molecule has 0 spiro atoms. The Balaban J connectivity index is 2.18. The predicted octanol–water partition coefficient (Wildman–Crippen LogP) is 3.46. The number of aryl methyl sites for hydroxylation is 1. The van der Waals surface area contributed by atoms with Crippen LogP contribution in [0.2, 0.25) is 0 Å². The van der Waals surface area contributed by atoms with Crippen molar-refractivity contribution in [1.29, 1.82) is 0 Å². The number of carbonyl (C=O) groups is 1. The fourth-order valence-electron chi connectivity index (χ4n) is 2.56. The molecule has 1 atom stereocenters. The van der Waals surface area contributed by atoms with Crippen molar-refractivity contribution in [3.63, 3.8) is 0 Å². The van der Waals surface area contributed by atoms with Crippen LogP contribution in [0.3, 0.4) is 0 Å². The maximum absolute atomic E-state index is 12.6. The van der Waals surface area contributed by atoms with Crippen LogP contribution in [-0.4, -0.2) is 34.8 Å². The fourth-order valence-corrected chi connectivity index (χ4v) is 3.22. The van der Waals surface area contributed by atoms with Gasteiger partial charge in [-0.25, -0.2) is 0 Å². The molecule has 20 heavy (non-hydrogen) atoms. The summed E-state index contributed by atoms with van der Waals surface area (Å²) in [4.78, 5) is 14.4. The molecular weight excluding hydrogens is 320 g/mol. The summed E-state index contributed by atoms with van der Waals surface area (Å²) in [5.74, 6) is 0.189. The summed E-state index contributed by atoms with van der Waals surface area (Å²) in [6, 6.07) is 5.76. The van der Waals surface area contributed by atoms with Crippen molar-refractivity contribution in [2.45, 2.75) is 26.7 Å². The molecule has 0 radical (unpaired) electrons. The highest BCUT2D eigenvalue weighted by molar-refractivity contribution is 9.10. The standard InChI is InChI=1S/C15H19BrN2O2/c1-3-11-9-18(7-6-14(11)17-20)15(19)12-5-4-10(2)8-13(12)16/h4-5,8,11,20H,3,6-7,9H2,1-2H3/b17-14+. The highest BCUT2D eigenvalue weighted by Crippen LogP contribution is 2.24. The summed E-state index contributed by atoms with van der Waals surface area (Å²) < 4.78 is 0.831. The first kappa shape index (κ1) is 15.0. The van der Waals surface area contributed by atoms with E-state index in [-0.39, 0.29) is 11.8 Å². The Morgan fingerprint density at radius 2 is 2.30 bits per heavy atom. The SMILES string of the molecule is CCC1CN(C(=O)c2ccc(C)cc2Br)CC/C1=N\O. The Morgan fingerprint density at radius 3 is 2.90 bits per heavy atom. The van der Waals surface area contributed by atoms with E-state index in [1.807, 2.05) is 36.9 Å². The zero-order valence-corrected chi connectivity index (χ0v) is 13.4. The smallest absolute Gasteiger partial charge is 0.255 e. The van der Waals surface area contributed by atoms with Crippen LogP contribution >= 0.6 is 15.9 Å². The van der Waals surface area contributed by atoms with E-state index in [1.165, 1.54) is 0 Å². The van der Waals surface area contributed by atoms with E-state index >= 15 is 0 Å². The molecule has 0 aromatic heterocycles. The highest BCUT2D eigenvalue weighted by Gasteiger charge is 2.28. The lowest BCUT2D eigenvalue weighted by atomic mass is 9.93. The van der Waals surface area contributed by atoms with Gasteiger partial charge in [0.25, 0.3) is 5.91 Å². The van der Waals surface area contributed by atoms with Crippen molar-refractivity contribution in [2.75, 3.05) is 13.1 Å². The largest absolute Gasteiger partial charge is 0.411 e. The summed E-state index contributed by atoms with van der Waals surface area (Å²) in [7, 11) is 0. The molecule has 5 heteroatoms. The molecule has 1 heterocycles. The quantitative estimate of drug-likeness (QED) is 0.663. The third kappa shape index (κ3) is 3.03. The van der Waals surface area contributed by atoms with E-state index in [9.17, 15) is 4.79 Å². The monoisotopic (exact) mass is 338 g/mol. The molecule has 1 aromatic rings. The van der Waals surface area contributed by atoms with Gasteiger partial charge in [-0.3, -0.25) is 4.79 Å². The van der Waals surface area contributed by atoms with Gasteiger partial charge in [0.05, 0.1) is 11.3 Å². The van der Waals surface area contributed by atoms with Crippen LogP contribution in [0.25, 0.3) is 0 Å². The number of carbonyl (C=O) groups excluding carboxylic acids is 1. The first-order chi connectivity index (χ1) is 9.56. The van der Waals surface area contributed by atoms with E-state index in [0.29, 0.717) is 25.1 Å². The minimum Gasteiger partial charge on any atom is -0.411 e. The third-order valence-corrected chi connectivity index (χ3v) is 4.47. The van der Waals surface area contributed by atoms with E-state index in [4.69, 9.17) is 5.21 Å². The van der Waals surface area contributed by atoms with Crippen LogP contribution < -0.4 is 0 Å². The number of rotatable bonds is 2. The number of likely N-dealkylation sites (tertiary alicyclic amines) is 1. The predicted molar refractivity (Wildman–Crippen MR) is 82.4 cm³/mol. The summed E-state index contributed by atoms with van der Waals surface area (Å²) in [5.41, 5.74) is 2.61. The van der Waals surface area contributed by atoms with E-state index in [1.54, 1.807) is 0 Å². The van der Waals surface area contributed by atoms with Crippen LogP contribution in [0, 0.1) is 12.8 Å². The Hall–Kier alpha value is -1.36. The van der Waals surface area contributed by atoms with Gasteiger partial charge in [-0.2, -0.15) is 0 Å². The lowest BCUT2D eigenvalue weighted by molar-refractivity contribution is 0.0728. The fraction of sp³-hybridized carbons (Fsp3) is 0.467. The van der Waals surface area contributed by atoms with Gasteiger partial charge >= 0.3 is 0 Å². The summed E-state index contributed by atoms with van der Waals surface area (Å²) >= 11 is 3.46. The van der Waals surface area contributed by atoms with Gasteiger partial charge in [0.1, 0.15) is 0 Å². The lowest BCUT2D eigenvalue weighted by Gasteiger charge is -2.33. The Morgan fingerprint density at radius 1 is 1.55 bits per heavy atom. The maximum Gasteiger partial charge on any atom is 0.255 e. The number of piperidine rings is 1. The molecule has 0 aliphatic carbocycles. The molecule has 1 aliphatic rings. The van der Waals surface area contributed by atoms with Crippen molar-refractivity contribution in [1.82, 2.24) is 4.90 Å². The normalized spacial score (nSPS) is 21.2. The molecular formula is C15H19BrN2O2. The van der Waals surface area contributed by atoms with Crippen molar-refractivity contribution in [2.24, 2.45) is 11.1 Å². The van der Waals surface area contributed by atoms with Crippen molar-refractivity contribution in [3.05, 3.63) is 33.8 Å². The van der Waals surface area contributed by atoms with Gasteiger partial charge in [0.15, 0.2) is 0 Å². The molecule has 1 aromatic carbocycles. The van der Waals surface area contributed by atoms with E-state index < -0.39 is 0 Å². The highest BCUT2D eigenvalue weighted by atomic mass is 79.9. The summed E-state index contributed by atoms with van der Waals surface area (Å²) in [5, 5.41) is 12.4. The van der Waals surface area contributed by atoms with Crippen molar-refractivity contribution >= 4 is 27.5 Å². The molecule has 4 nitrogen and oxygen atoms in total. The van der Waals surface area contributed by atoms with Gasteiger partial charge in [0.2, 0.25) is 0 Å². The van der Waals surface area contributed by atoms with Gasteiger partial charge in [0, 0.05) is 29.9 Å². The second-order valence-electron chi connectivity index (χ2n) is 5.18. The first-order valence-corrected chi connectivity index (χ1v) is 7.62. The minimum atomic E-state index is 0.0346. The molecule has 0 bridgehead atoms. The van der Waals surface area contributed by atoms with Gasteiger partial charge in [-0.1, -0.05) is 18.1 Å². The van der Waals surface area contributed by atoms with Gasteiger partial charge in [-0.15, -0.1) is 0 Å².